The van der Waals surface area contributed by atoms with Gasteiger partial charge < -0.3 is 10.1 Å². The molecular formula is C11H9ClN4O. The molecule has 0 amide bonds. The van der Waals surface area contributed by atoms with E-state index in [0.717, 1.165) is 16.7 Å². The van der Waals surface area contributed by atoms with Crippen LogP contribution >= 0.6 is 11.6 Å². The number of aromatic nitrogens is 4. The summed E-state index contributed by atoms with van der Waals surface area (Å²) < 4.78 is 1.35. The number of H-pyrrole nitrogens is 1. The summed E-state index contributed by atoms with van der Waals surface area (Å²) in [6.07, 6.45) is 0. The van der Waals surface area contributed by atoms with Crippen LogP contribution in [-0.4, -0.2) is 24.9 Å². The van der Waals surface area contributed by atoms with E-state index in [1.807, 2.05) is 6.07 Å². The molecule has 0 aliphatic rings. The fourth-order valence-electron chi connectivity index (χ4n) is 1.71. The summed E-state index contributed by atoms with van der Waals surface area (Å²) in [6, 6.07) is 6.94. The van der Waals surface area contributed by atoms with Gasteiger partial charge in [0.15, 0.2) is 0 Å². The molecule has 86 valence electrons. The Labute approximate surface area is 102 Å². The molecule has 0 saturated heterocycles. The first-order valence-electron chi connectivity index (χ1n) is 5.05. The third-order valence-corrected chi connectivity index (χ3v) is 2.68. The fraction of sp³-hybridized carbons (Fsp3) is 0.0909. The predicted octanol–water partition coefficient (Wildman–Crippen LogP) is 2.42. The highest BCUT2D eigenvalue weighted by Gasteiger charge is 2.10. The highest BCUT2D eigenvalue weighted by molar-refractivity contribution is 6.31. The van der Waals surface area contributed by atoms with Crippen LogP contribution < -0.4 is 0 Å². The van der Waals surface area contributed by atoms with Gasteiger partial charge in [-0.2, -0.15) is 9.78 Å². The molecule has 0 bridgehead atoms. The number of halogens is 1. The topological polar surface area (TPSA) is 66.7 Å². The third kappa shape index (κ3) is 1.64. The Balaban J connectivity index is 2.21. The molecule has 0 saturated carbocycles. The van der Waals surface area contributed by atoms with Crippen molar-refractivity contribution in [3.63, 3.8) is 0 Å². The smallest absolute Gasteiger partial charge is 0.232 e. The van der Waals surface area contributed by atoms with E-state index in [4.69, 9.17) is 11.6 Å². The minimum absolute atomic E-state index is 0.0488. The summed E-state index contributed by atoms with van der Waals surface area (Å²) in [5.74, 6) is 0.514. The molecule has 17 heavy (non-hydrogen) atoms. The standard InChI is InChI=1S/C11H9ClN4O/c1-6-4-10(17)16(15-6)11-13-8-3-2-7(12)5-9(8)14-11/h2-5,17H,1H3,(H,13,14). The zero-order valence-corrected chi connectivity index (χ0v) is 9.73. The molecule has 3 aromatic rings. The van der Waals surface area contributed by atoms with E-state index in [1.165, 1.54) is 4.68 Å². The van der Waals surface area contributed by atoms with Crippen LogP contribution in [0.1, 0.15) is 5.69 Å². The number of rotatable bonds is 1. The number of hydrogen-bond acceptors (Lipinski definition) is 3. The lowest BCUT2D eigenvalue weighted by Gasteiger charge is -1.95. The number of imidazole rings is 1. The van der Waals surface area contributed by atoms with Gasteiger partial charge in [0, 0.05) is 11.1 Å². The van der Waals surface area contributed by atoms with Crippen molar-refractivity contribution in [2.24, 2.45) is 0 Å². The molecule has 0 spiro atoms. The van der Waals surface area contributed by atoms with Crippen LogP contribution in [0, 0.1) is 6.92 Å². The second kappa shape index (κ2) is 3.49. The Kier molecular flexibility index (Phi) is 2.09. The van der Waals surface area contributed by atoms with Crippen LogP contribution in [0.4, 0.5) is 0 Å². The molecule has 0 unspecified atom stereocenters. The molecule has 5 nitrogen and oxygen atoms in total. The van der Waals surface area contributed by atoms with Gasteiger partial charge in [-0.1, -0.05) is 11.6 Å². The molecule has 2 aromatic heterocycles. The number of aromatic hydroxyl groups is 1. The van der Waals surface area contributed by atoms with Gasteiger partial charge in [-0.3, -0.25) is 0 Å². The molecule has 3 rings (SSSR count). The normalized spacial score (nSPS) is 11.2. The van der Waals surface area contributed by atoms with Gasteiger partial charge in [-0.05, 0) is 25.1 Å². The number of aromatic amines is 1. The molecule has 1 aromatic carbocycles. The maximum atomic E-state index is 9.68. The molecule has 0 atom stereocenters. The van der Waals surface area contributed by atoms with E-state index in [0.29, 0.717) is 11.0 Å². The van der Waals surface area contributed by atoms with Crippen molar-refractivity contribution in [3.05, 3.63) is 35.0 Å². The maximum Gasteiger partial charge on any atom is 0.232 e. The van der Waals surface area contributed by atoms with Gasteiger partial charge in [0.1, 0.15) is 0 Å². The highest BCUT2D eigenvalue weighted by atomic mass is 35.5. The lowest BCUT2D eigenvalue weighted by Crippen LogP contribution is -1.98. The Morgan fingerprint density at radius 3 is 2.88 bits per heavy atom. The van der Waals surface area contributed by atoms with Crippen LogP contribution in [0.5, 0.6) is 5.88 Å². The first kappa shape index (κ1) is 10.2. The number of fused-ring (bicyclic) bond motifs is 1. The molecule has 2 N–H and O–H groups in total. The summed E-state index contributed by atoms with van der Waals surface area (Å²) in [5, 5.41) is 14.4. The lowest BCUT2D eigenvalue weighted by atomic mass is 10.3. The molecule has 0 aliphatic carbocycles. The Morgan fingerprint density at radius 1 is 1.35 bits per heavy atom. The van der Waals surface area contributed by atoms with Gasteiger partial charge >= 0.3 is 0 Å². The number of nitrogens with one attached hydrogen (secondary N) is 1. The van der Waals surface area contributed by atoms with Crippen molar-refractivity contribution in [2.75, 3.05) is 0 Å². The number of aryl methyl sites for hydroxylation is 1. The molecular weight excluding hydrogens is 240 g/mol. The average molecular weight is 249 g/mol. The quantitative estimate of drug-likeness (QED) is 0.695. The number of nitrogens with zero attached hydrogens (tertiary/aromatic N) is 3. The maximum absolute atomic E-state index is 9.68. The van der Waals surface area contributed by atoms with Crippen molar-refractivity contribution in [2.45, 2.75) is 6.92 Å². The minimum Gasteiger partial charge on any atom is -0.493 e. The molecule has 2 heterocycles. The zero-order chi connectivity index (χ0) is 12.0. The van der Waals surface area contributed by atoms with E-state index >= 15 is 0 Å². The molecule has 0 fully saturated rings. The van der Waals surface area contributed by atoms with E-state index in [2.05, 4.69) is 15.1 Å². The highest BCUT2D eigenvalue weighted by Crippen LogP contribution is 2.21. The summed E-state index contributed by atoms with van der Waals surface area (Å²) in [5.41, 5.74) is 2.30. The lowest BCUT2D eigenvalue weighted by molar-refractivity contribution is 0.430. The van der Waals surface area contributed by atoms with E-state index in [9.17, 15) is 5.11 Å². The summed E-state index contributed by atoms with van der Waals surface area (Å²) in [6.45, 7) is 1.80. The van der Waals surface area contributed by atoms with Crippen LogP contribution in [-0.2, 0) is 0 Å². The van der Waals surface area contributed by atoms with Crippen molar-refractivity contribution in [1.29, 1.82) is 0 Å². The molecule has 0 radical (unpaired) electrons. The second-order valence-corrected chi connectivity index (χ2v) is 4.21. The summed E-state index contributed by atoms with van der Waals surface area (Å²) in [4.78, 5) is 7.38. The number of benzene rings is 1. The Hall–Kier alpha value is -2.01. The Bertz CT molecular complexity index is 701. The Morgan fingerprint density at radius 2 is 2.18 bits per heavy atom. The minimum atomic E-state index is 0.0488. The van der Waals surface area contributed by atoms with Gasteiger partial charge in [0.25, 0.3) is 0 Å². The van der Waals surface area contributed by atoms with E-state index in [1.54, 1.807) is 25.1 Å². The van der Waals surface area contributed by atoms with Crippen LogP contribution in [0.3, 0.4) is 0 Å². The largest absolute Gasteiger partial charge is 0.493 e. The average Bonchev–Trinajstić information content (AvgIpc) is 2.80. The summed E-state index contributed by atoms with van der Waals surface area (Å²) >= 11 is 5.88. The van der Waals surface area contributed by atoms with Crippen LogP contribution in [0.15, 0.2) is 24.3 Å². The van der Waals surface area contributed by atoms with Crippen molar-refractivity contribution < 1.29 is 5.11 Å². The fourth-order valence-corrected chi connectivity index (χ4v) is 1.87. The predicted molar refractivity (Wildman–Crippen MR) is 64.6 cm³/mol. The van der Waals surface area contributed by atoms with Crippen molar-refractivity contribution in [3.8, 4) is 11.8 Å². The van der Waals surface area contributed by atoms with Crippen LogP contribution in [0.25, 0.3) is 17.0 Å². The van der Waals surface area contributed by atoms with Crippen molar-refractivity contribution >= 4 is 22.6 Å². The molecule has 0 aliphatic heterocycles. The first-order valence-corrected chi connectivity index (χ1v) is 5.42. The van der Waals surface area contributed by atoms with Crippen molar-refractivity contribution in [1.82, 2.24) is 19.7 Å². The van der Waals surface area contributed by atoms with Crippen LogP contribution in [0.2, 0.25) is 5.02 Å². The van der Waals surface area contributed by atoms with Gasteiger partial charge in [-0.25, -0.2) is 4.98 Å². The van der Waals surface area contributed by atoms with E-state index in [-0.39, 0.29) is 5.88 Å². The second-order valence-electron chi connectivity index (χ2n) is 3.78. The summed E-state index contributed by atoms with van der Waals surface area (Å²) in [7, 11) is 0. The monoisotopic (exact) mass is 248 g/mol. The number of hydrogen-bond donors (Lipinski definition) is 2. The van der Waals surface area contributed by atoms with Gasteiger partial charge in [0.2, 0.25) is 11.8 Å². The zero-order valence-electron chi connectivity index (χ0n) is 8.98. The molecule has 6 heteroatoms. The SMILES string of the molecule is Cc1cc(O)n(-c2nc3cc(Cl)ccc3[nH]2)n1. The van der Waals surface area contributed by atoms with Gasteiger partial charge in [0.05, 0.1) is 16.7 Å². The first-order chi connectivity index (χ1) is 8.13. The third-order valence-electron chi connectivity index (χ3n) is 2.45. The van der Waals surface area contributed by atoms with E-state index < -0.39 is 0 Å². The van der Waals surface area contributed by atoms with Gasteiger partial charge in [-0.15, -0.1) is 0 Å².